The number of anilines is 1. The van der Waals surface area contributed by atoms with Crippen LogP contribution in [0.2, 0.25) is 0 Å². The largest absolute Gasteiger partial charge is 0.619 e. The van der Waals surface area contributed by atoms with Gasteiger partial charge in [0.15, 0.2) is 35.5 Å². The van der Waals surface area contributed by atoms with Crippen LogP contribution in [-0.4, -0.2) is 25.0 Å². The smallest absolute Gasteiger partial charge is 0.199 e. The molecule has 1 aromatic carbocycles. The lowest BCUT2D eigenvalue weighted by molar-refractivity contribution is -0.606. The Kier molecular flexibility index (Phi) is 4.08. The second-order valence-electron chi connectivity index (χ2n) is 8.88. The SMILES string of the molecule is CC1(O)OC2(CCC(n3c(-c4nonc4N)nc4cc(F)ccc43)CC2)c2c[n+]([O-])ccc21. The van der Waals surface area contributed by atoms with Crippen molar-refractivity contribution in [2.24, 2.45) is 0 Å². The number of halogens is 1. The highest BCUT2D eigenvalue weighted by Gasteiger charge is 2.53. The molecule has 11 heteroatoms. The Hall–Kier alpha value is -3.57. The minimum absolute atomic E-state index is 0.0297. The van der Waals surface area contributed by atoms with Crippen molar-refractivity contribution in [2.45, 2.75) is 50.0 Å². The van der Waals surface area contributed by atoms with Gasteiger partial charge in [0, 0.05) is 23.7 Å². The molecule has 1 spiro atoms. The molecule has 4 heterocycles. The van der Waals surface area contributed by atoms with Crippen molar-refractivity contribution >= 4 is 16.9 Å². The molecule has 170 valence electrons. The molecular weight excluding hydrogens is 431 g/mol. The molecule has 0 radical (unpaired) electrons. The molecule has 1 atom stereocenters. The molecule has 1 saturated carbocycles. The first-order valence-corrected chi connectivity index (χ1v) is 10.7. The second-order valence-corrected chi connectivity index (χ2v) is 8.88. The Bertz CT molecular complexity index is 1390. The number of imidazole rings is 1. The van der Waals surface area contributed by atoms with Gasteiger partial charge < -0.3 is 25.4 Å². The molecule has 10 nitrogen and oxygen atoms in total. The molecule has 1 aliphatic carbocycles. The minimum Gasteiger partial charge on any atom is -0.619 e. The third kappa shape index (κ3) is 2.92. The molecule has 3 aromatic heterocycles. The van der Waals surface area contributed by atoms with Crippen LogP contribution >= 0.6 is 0 Å². The van der Waals surface area contributed by atoms with E-state index in [0.29, 0.717) is 53.8 Å². The van der Waals surface area contributed by atoms with E-state index in [4.69, 9.17) is 15.1 Å². The Labute approximate surface area is 187 Å². The van der Waals surface area contributed by atoms with Gasteiger partial charge in [0.25, 0.3) is 0 Å². The number of aliphatic hydroxyl groups is 1. The average Bonchev–Trinajstić information content (AvgIpc) is 3.41. The van der Waals surface area contributed by atoms with Crippen LogP contribution in [0.3, 0.4) is 0 Å². The summed E-state index contributed by atoms with van der Waals surface area (Å²) in [5, 5.41) is 30.4. The fraction of sp³-hybridized carbons (Fsp3) is 0.364. The fourth-order valence-electron chi connectivity index (χ4n) is 5.39. The number of pyridine rings is 1. The zero-order chi connectivity index (χ0) is 23.0. The van der Waals surface area contributed by atoms with Gasteiger partial charge in [-0.25, -0.2) is 14.0 Å². The van der Waals surface area contributed by atoms with Crippen molar-refractivity contribution in [3.63, 3.8) is 0 Å². The Morgan fingerprint density at radius 1 is 1.24 bits per heavy atom. The van der Waals surface area contributed by atoms with Crippen LogP contribution in [0.4, 0.5) is 10.2 Å². The quantitative estimate of drug-likeness (QED) is 0.350. The maximum Gasteiger partial charge on any atom is 0.199 e. The highest BCUT2D eigenvalue weighted by atomic mass is 19.1. The van der Waals surface area contributed by atoms with Crippen LogP contribution in [-0.2, 0) is 16.1 Å². The molecular formula is C22H21FN6O4. The summed E-state index contributed by atoms with van der Waals surface area (Å²) in [6.45, 7) is 1.60. The topological polar surface area (TPSA) is 139 Å². The van der Waals surface area contributed by atoms with E-state index in [9.17, 15) is 14.7 Å². The summed E-state index contributed by atoms with van der Waals surface area (Å²) in [6, 6.07) is 6.02. The van der Waals surface area contributed by atoms with Crippen molar-refractivity contribution in [1.29, 1.82) is 0 Å². The van der Waals surface area contributed by atoms with Gasteiger partial charge in [-0.05, 0) is 55.1 Å². The van der Waals surface area contributed by atoms with E-state index in [1.165, 1.54) is 24.5 Å². The lowest BCUT2D eigenvalue weighted by Gasteiger charge is -2.38. The van der Waals surface area contributed by atoms with Crippen LogP contribution in [0.5, 0.6) is 0 Å². The summed E-state index contributed by atoms with van der Waals surface area (Å²) in [6.07, 6.45) is 5.30. The van der Waals surface area contributed by atoms with Crippen molar-refractivity contribution < 1.29 is 23.6 Å². The predicted octanol–water partition coefficient (Wildman–Crippen LogP) is 2.65. The first-order chi connectivity index (χ1) is 15.8. The van der Waals surface area contributed by atoms with Gasteiger partial charge in [-0.15, -0.1) is 0 Å². The normalized spacial score (nSPS) is 26.8. The maximum absolute atomic E-state index is 13.9. The molecule has 0 amide bonds. The van der Waals surface area contributed by atoms with Gasteiger partial charge in [-0.3, -0.25) is 0 Å². The van der Waals surface area contributed by atoms with E-state index in [2.05, 4.69) is 15.3 Å². The number of hydrogen-bond donors (Lipinski definition) is 2. The lowest BCUT2D eigenvalue weighted by atomic mass is 9.77. The molecule has 1 fully saturated rings. The van der Waals surface area contributed by atoms with Crippen molar-refractivity contribution in [3.05, 3.63) is 58.8 Å². The van der Waals surface area contributed by atoms with Crippen LogP contribution in [0.25, 0.3) is 22.6 Å². The lowest BCUT2D eigenvalue weighted by Crippen LogP contribution is -2.36. The minimum atomic E-state index is -1.47. The first-order valence-electron chi connectivity index (χ1n) is 10.7. The molecule has 0 saturated heterocycles. The standard InChI is InChI=1S/C22H21FN6O4/c1-21(30)14-6-9-28(31)11-15(14)22(32-21)7-4-13(5-8-22)29-17-3-2-12(23)10-16(17)25-20(29)18-19(24)27-33-26-18/h2-3,6,9-11,13,30H,4-5,7-8H2,1H3,(H2,24,27). The summed E-state index contributed by atoms with van der Waals surface area (Å²) in [5.41, 5.74) is 8.02. The van der Waals surface area contributed by atoms with Gasteiger partial charge in [0.05, 0.1) is 16.6 Å². The highest BCUT2D eigenvalue weighted by Crippen LogP contribution is 2.54. The number of nitrogens with zero attached hydrogens (tertiary/aromatic N) is 5. The third-order valence-electron chi connectivity index (χ3n) is 6.82. The van der Waals surface area contributed by atoms with Crippen LogP contribution in [0.1, 0.15) is 49.8 Å². The number of nitrogen functional groups attached to an aromatic ring is 1. The van der Waals surface area contributed by atoms with E-state index in [-0.39, 0.29) is 11.9 Å². The monoisotopic (exact) mass is 452 g/mol. The summed E-state index contributed by atoms with van der Waals surface area (Å²) in [7, 11) is 0. The van der Waals surface area contributed by atoms with E-state index >= 15 is 0 Å². The second kappa shape index (κ2) is 6.72. The maximum atomic E-state index is 13.9. The van der Waals surface area contributed by atoms with Crippen LogP contribution < -0.4 is 10.5 Å². The van der Waals surface area contributed by atoms with Gasteiger partial charge in [0.2, 0.25) is 0 Å². The van der Waals surface area contributed by atoms with Crippen molar-refractivity contribution in [2.75, 3.05) is 5.73 Å². The third-order valence-corrected chi connectivity index (χ3v) is 6.82. The Morgan fingerprint density at radius 2 is 2.03 bits per heavy atom. The fourth-order valence-corrected chi connectivity index (χ4v) is 5.39. The van der Waals surface area contributed by atoms with Crippen LogP contribution in [0, 0.1) is 11.0 Å². The van der Waals surface area contributed by atoms with Gasteiger partial charge in [0.1, 0.15) is 11.4 Å². The Morgan fingerprint density at radius 3 is 2.76 bits per heavy atom. The van der Waals surface area contributed by atoms with E-state index < -0.39 is 17.2 Å². The predicted molar refractivity (Wildman–Crippen MR) is 113 cm³/mol. The zero-order valence-electron chi connectivity index (χ0n) is 17.7. The number of hydrogen-bond acceptors (Lipinski definition) is 8. The van der Waals surface area contributed by atoms with Gasteiger partial charge in [-0.2, -0.15) is 4.73 Å². The molecule has 33 heavy (non-hydrogen) atoms. The number of rotatable bonds is 2. The highest BCUT2D eigenvalue weighted by molar-refractivity contribution is 5.82. The number of aromatic nitrogens is 5. The van der Waals surface area contributed by atoms with Gasteiger partial charge >= 0.3 is 0 Å². The molecule has 6 rings (SSSR count). The molecule has 1 aliphatic heterocycles. The molecule has 4 aromatic rings. The average molecular weight is 452 g/mol. The Balaban J connectivity index is 1.41. The summed E-state index contributed by atoms with van der Waals surface area (Å²) in [4.78, 5) is 4.58. The van der Waals surface area contributed by atoms with Crippen molar-refractivity contribution in [1.82, 2.24) is 19.9 Å². The van der Waals surface area contributed by atoms with E-state index in [0.717, 1.165) is 10.2 Å². The molecule has 1 unspecified atom stereocenters. The van der Waals surface area contributed by atoms with E-state index in [1.54, 1.807) is 19.1 Å². The van der Waals surface area contributed by atoms with Crippen LogP contribution in [0.15, 0.2) is 41.3 Å². The van der Waals surface area contributed by atoms with Gasteiger partial charge in [-0.1, -0.05) is 0 Å². The first kappa shape index (κ1) is 20.1. The van der Waals surface area contributed by atoms with E-state index in [1.807, 2.05) is 4.57 Å². The number of fused-ring (bicyclic) bond motifs is 3. The molecule has 2 aliphatic rings. The summed E-state index contributed by atoms with van der Waals surface area (Å²) < 4.78 is 27.6. The summed E-state index contributed by atoms with van der Waals surface area (Å²) in [5.74, 6) is -1.31. The molecule has 3 N–H and O–H groups in total. The number of ether oxygens (including phenoxy) is 1. The summed E-state index contributed by atoms with van der Waals surface area (Å²) >= 11 is 0. The zero-order valence-corrected chi connectivity index (χ0v) is 17.7. The number of nitrogens with two attached hydrogens (primary N) is 1. The van der Waals surface area contributed by atoms with Crippen molar-refractivity contribution in [3.8, 4) is 11.5 Å². The molecule has 0 bridgehead atoms. The number of benzene rings is 1.